The van der Waals surface area contributed by atoms with E-state index in [1.165, 1.54) is 25.7 Å². The van der Waals surface area contributed by atoms with Crippen molar-refractivity contribution in [3.63, 3.8) is 0 Å². The molecule has 1 aliphatic carbocycles. The number of carbonyl (C=O) groups is 1. The molecule has 0 aliphatic heterocycles. The third-order valence-electron chi connectivity index (χ3n) is 4.09. The molecule has 0 bridgehead atoms. The lowest BCUT2D eigenvalue weighted by Crippen LogP contribution is -2.29. The molecule has 1 fully saturated rings. The fraction of sp³-hybridized carbons (Fsp3) is 0.562. The van der Waals surface area contributed by atoms with Crippen LogP contribution >= 0.6 is 15.9 Å². The van der Waals surface area contributed by atoms with Gasteiger partial charge in [0.1, 0.15) is 0 Å². The molecular formula is C16H22BrNO2. The van der Waals surface area contributed by atoms with Gasteiger partial charge in [0.05, 0.1) is 12.2 Å². The van der Waals surface area contributed by atoms with Gasteiger partial charge in [-0.3, -0.25) is 0 Å². The molecule has 0 aromatic heterocycles. The Morgan fingerprint density at radius 1 is 1.40 bits per heavy atom. The van der Waals surface area contributed by atoms with Crippen LogP contribution in [0, 0.1) is 6.92 Å². The number of anilines is 1. The molecule has 1 aromatic carbocycles. The van der Waals surface area contributed by atoms with Crippen molar-refractivity contribution in [2.75, 3.05) is 18.6 Å². The number of ether oxygens (including phenoxy) is 1. The summed E-state index contributed by atoms with van der Waals surface area (Å²) >= 11 is 3.51. The zero-order chi connectivity index (χ0) is 14.7. The fourth-order valence-corrected chi connectivity index (χ4v) is 3.39. The first kappa shape index (κ1) is 15.4. The van der Waals surface area contributed by atoms with Crippen LogP contribution in [0.1, 0.15) is 48.5 Å². The second kappa shape index (κ2) is 6.61. The van der Waals surface area contributed by atoms with E-state index in [-0.39, 0.29) is 5.97 Å². The van der Waals surface area contributed by atoms with Gasteiger partial charge in [-0.1, -0.05) is 28.8 Å². The normalized spacial score (nSPS) is 15.4. The molecule has 1 saturated carbocycles. The Labute approximate surface area is 129 Å². The lowest BCUT2D eigenvalue weighted by Gasteiger charge is -2.29. The van der Waals surface area contributed by atoms with Crippen molar-refractivity contribution in [1.29, 1.82) is 0 Å². The van der Waals surface area contributed by atoms with Gasteiger partial charge >= 0.3 is 5.97 Å². The predicted molar refractivity (Wildman–Crippen MR) is 85.5 cm³/mol. The number of hydrogen-bond acceptors (Lipinski definition) is 3. The van der Waals surface area contributed by atoms with Crippen LogP contribution in [0.4, 0.5) is 5.69 Å². The maximum atomic E-state index is 12.1. The van der Waals surface area contributed by atoms with Crippen molar-refractivity contribution in [3.8, 4) is 0 Å². The fourth-order valence-electron chi connectivity index (χ4n) is 2.94. The lowest BCUT2D eigenvalue weighted by atomic mass is 10.0. The number of hydrogen-bond donors (Lipinski definition) is 0. The molecule has 1 aromatic rings. The summed E-state index contributed by atoms with van der Waals surface area (Å²) in [6.45, 7) is 4.23. The average molecular weight is 340 g/mol. The maximum absolute atomic E-state index is 12.1. The van der Waals surface area contributed by atoms with E-state index in [1.807, 2.05) is 19.9 Å². The highest BCUT2D eigenvalue weighted by Crippen LogP contribution is 2.33. The third kappa shape index (κ3) is 3.17. The van der Waals surface area contributed by atoms with E-state index >= 15 is 0 Å². The standard InChI is InChI=1S/C16H22BrNO2/c1-4-20-16(19)14-9-12(17)10-15(11(14)2)18(3)13-7-5-6-8-13/h9-10,13H,4-8H2,1-3H3. The van der Waals surface area contributed by atoms with Gasteiger partial charge < -0.3 is 9.64 Å². The van der Waals surface area contributed by atoms with E-state index < -0.39 is 0 Å². The van der Waals surface area contributed by atoms with Crippen LogP contribution in [0.15, 0.2) is 16.6 Å². The molecule has 0 radical (unpaired) electrons. The zero-order valence-electron chi connectivity index (χ0n) is 12.4. The summed E-state index contributed by atoms with van der Waals surface area (Å²) in [6, 6.07) is 4.52. The Balaban J connectivity index is 2.35. The lowest BCUT2D eigenvalue weighted by molar-refractivity contribution is 0.0525. The Bertz CT molecular complexity index is 495. The molecule has 0 heterocycles. The number of halogens is 1. The third-order valence-corrected chi connectivity index (χ3v) is 4.55. The summed E-state index contributed by atoms with van der Waals surface area (Å²) in [7, 11) is 2.12. The minimum absolute atomic E-state index is 0.243. The highest BCUT2D eigenvalue weighted by atomic mass is 79.9. The summed E-state index contributed by atoms with van der Waals surface area (Å²) in [5, 5.41) is 0. The van der Waals surface area contributed by atoms with Crippen molar-refractivity contribution in [2.45, 2.75) is 45.6 Å². The van der Waals surface area contributed by atoms with E-state index in [2.05, 4.69) is 33.9 Å². The second-order valence-electron chi connectivity index (χ2n) is 5.37. The van der Waals surface area contributed by atoms with Crippen molar-refractivity contribution in [3.05, 3.63) is 27.7 Å². The Kier molecular flexibility index (Phi) is 5.08. The quantitative estimate of drug-likeness (QED) is 0.765. The summed E-state index contributed by atoms with van der Waals surface area (Å²) in [5.74, 6) is -0.243. The van der Waals surface area contributed by atoms with Crippen LogP contribution in [0.3, 0.4) is 0 Å². The van der Waals surface area contributed by atoms with Crippen LogP contribution in [0.5, 0.6) is 0 Å². The average Bonchev–Trinajstić information content (AvgIpc) is 2.94. The van der Waals surface area contributed by atoms with Crippen molar-refractivity contribution < 1.29 is 9.53 Å². The SMILES string of the molecule is CCOC(=O)c1cc(Br)cc(N(C)C2CCCC2)c1C. The number of rotatable bonds is 4. The second-order valence-corrected chi connectivity index (χ2v) is 6.28. The molecule has 0 spiro atoms. The van der Waals surface area contributed by atoms with Crippen molar-refractivity contribution >= 4 is 27.6 Å². The number of nitrogens with zero attached hydrogens (tertiary/aromatic N) is 1. The van der Waals surface area contributed by atoms with Gasteiger partial charge in [0, 0.05) is 23.2 Å². The number of benzene rings is 1. The number of carbonyl (C=O) groups excluding carboxylic acids is 1. The topological polar surface area (TPSA) is 29.5 Å². The van der Waals surface area contributed by atoms with Gasteiger partial charge in [-0.25, -0.2) is 4.79 Å². The molecule has 0 saturated heterocycles. The first-order valence-corrected chi connectivity index (χ1v) is 8.04. The van der Waals surface area contributed by atoms with Crippen LogP contribution in [0.2, 0.25) is 0 Å². The van der Waals surface area contributed by atoms with Crippen molar-refractivity contribution in [2.24, 2.45) is 0 Å². The summed E-state index contributed by atoms with van der Waals surface area (Å²) in [5.41, 5.74) is 2.77. The van der Waals surface area contributed by atoms with Gasteiger partial charge in [-0.05, 0) is 44.4 Å². The zero-order valence-corrected chi connectivity index (χ0v) is 14.0. The van der Waals surface area contributed by atoms with Gasteiger partial charge in [0.2, 0.25) is 0 Å². The smallest absolute Gasteiger partial charge is 0.338 e. The van der Waals surface area contributed by atoms with Gasteiger partial charge in [0.25, 0.3) is 0 Å². The molecule has 4 heteroatoms. The van der Waals surface area contributed by atoms with Crippen LogP contribution < -0.4 is 4.90 Å². The molecule has 110 valence electrons. The Morgan fingerprint density at radius 2 is 2.05 bits per heavy atom. The molecule has 0 atom stereocenters. The molecule has 3 nitrogen and oxygen atoms in total. The van der Waals surface area contributed by atoms with Crippen LogP contribution in [0.25, 0.3) is 0 Å². The Hall–Kier alpha value is -1.03. The van der Waals surface area contributed by atoms with Gasteiger partial charge in [0.15, 0.2) is 0 Å². The van der Waals surface area contributed by atoms with E-state index in [0.717, 1.165) is 15.7 Å². The van der Waals surface area contributed by atoms with E-state index in [4.69, 9.17) is 4.74 Å². The van der Waals surface area contributed by atoms with Crippen LogP contribution in [-0.2, 0) is 4.74 Å². The number of esters is 1. The largest absolute Gasteiger partial charge is 0.462 e. The van der Waals surface area contributed by atoms with E-state index in [0.29, 0.717) is 18.2 Å². The van der Waals surface area contributed by atoms with Gasteiger partial charge in [-0.2, -0.15) is 0 Å². The first-order chi connectivity index (χ1) is 9.54. The summed E-state index contributed by atoms with van der Waals surface area (Å²) in [6.07, 6.45) is 5.06. The molecule has 0 N–H and O–H groups in total. The predicted octanol–water partition coefficient (Wildman–Crippen LogP) is 4.31. The highest BCUT2D eigenvalue weighted by molar-refractivity contribution is 9.10. The highest BCUT2D eigenvalue weighted by Gasteiger charge is 2.23. The first-order valence-electron chi connectivity index (χ1n) is 7.24. The maximum Gasteiger partial charge on any atom is 0.338 e. The molecular weight excluding hydrogens is 318 g/mol. The van der Waals surface area contributed by atoms with Crippen molar-refractivity contribution in [1.82, 2.24) is 0 Å². The summed E-state index contributed by atoms with van der Waals surface area (Å²) in [4.78, 5) is 14.4. The monoisotopic (exact) mass is 339 g/mol. The molecule has 2 rings (SSSR count). The minimum Gasteiger partial charge on any atom is -0.462 e. The van der Waals surface area contributed by atoms with Gasteiger partial charge in [-0.15, -0.1) is 0 Å². The summed E-state index contributed by atoms with van der Waals surface area (Å²) < 4.78 is 6.07. The molecule has 0 amide bonds. The van der Waals surface area contributed by atoms with Crippen LogP contribution in [-0.4, -0.2) is 25.7 Å². The molecule has 1 aliphatic rings. The Morgan fingerprint density at radius 3 is 2.65 bits per heavy atom. The minimum atomic E-state index is -0.243. The van der Waals surface area contributed by atoms with E-state index in [9.17, 15) is 4.79 Å². The van der Waals surface area contributed by atoms with E-state index in [1.54, 1.807) is 0 Å². The molecule has 20 heavy (non-hydrogen) atoms. The molecule has 0 unspecified atom stereocenters.